The van der Waals surface area contributed by atoms with Gasteiger partial charge < -0.3 is 10.2 Å². The molecule has 0 saturated carbocycles. The van der Waals surface area contributed by atoms with Crippen LogP contribution < -0.4 is 5.32 Å². The second kappa shape index (κ2) is 10.2. The summed E-state index contributed by atoms with van der Waals surface area (Å²) in [5.41, 5.74) is 0.714. The van der Waals surface area contributed by atoms with Gasteiger partial charge in [0.25, 0.3) is 5.91 Å². The highest BCUT2D eigenvalue weighted by Crippen LogP contribution is 2.32. The standard InChI is InChI=1S/C27H29N3O3S/c1-3-27(22-12-8-5-9-13-22)25(32)30(26(33)28-27)19-24(31)29(18-23-15-14-20(2)34-23)17-16-21-10-6-4-7-11-21/h4-15H,3,16-19H2,1-2H3,(H,28,33). The van der Waals surface area contributed by atoms with Crippen LogP contribution >= 0.6 is 11.3 Å². The van der Waals surface area contributed by atoms with E-state index in [1.165, 1.54) is 4.88 Å². The molecule has 1 atom stereocenters. The van der Waals surface area contributed by atoms with E-state index in [1.54, 1.807) is 16.2 Å². The van der Waals surface area contributed by atoms with Crippen LogP contribution in [-0.4, -0.2) is 40.7 Å². The predicted molar refractivity (Wildman–Crippen MR) is 133 cm³/mol. The summed E-state index contributed by atoms with van der Waals surface area (Å²) in [5.74, 6) is -0.625. The molecule has 1 fully saturated rings. The molecule has 4 rings (SSSR count). The van der Waals surface area contributed by atoms with E-state index < -0.39 is 11.6 Å². The van der Waals surface area contributed by atoms with Gasteiger partial charge in [-0.2, -0.15) is 0 Å². The molecule has 1 aliphatic rings. The van der Waals surface area contributed by atoms with Crippen molar-refractivity contribution in [3.8, 4) is 0 Å². The van der Waals surface area contributed by atoms with E-state index in [9.17, 15) is 14.4 Å². The molecule has 6 nitrogen and oxygen atoms in total. The highest BCUT2D eigenvalue weighted by molar-refractivity contribution is 7.11. The topological polar surface area (TPSA) is 69.7 Å². The Morgan fingerprint density at radius 1 is 1.00 bits per heavy atom. The summed E-state index contributed by atoms with van der Waals surface area (Å²) >= 11 is 1.65. The molecule has 0 spiro atoms. The number of aryl methyl sites for hydroxylation is 1. The van der Waals surface area contributed by atoms with E-state index in [0.29, 0.717) is 25.9 Å². The third kappa shape index (κ3) is 4.89. The molecule has 34 heavy (non-hydrogen) atoms. The minimum atomic E-state index is -1.14. The fourth-order valence-electron chi connectivity index (χ4n) is 4.33. The first kappa shape index (κ1) is 23.7. The molecule has 0 bridgehead atoms. The minimum absolute atomic E-state index is 0.245. The van der Waals surface area contributed by atoms with Gasteiger partial charge in [-0.25, -0.2) is 4.79 Å². The first-order valence-electron chi connectivity index (χ1n) is 11.5. The van der Waals surface area contributed by atoms with Crippen LogP contribution in [0.15, 0.2) is 72.8 Å². The Hall–Kier alpha value is -3.45. The van der Waals surface area contributed by atoms with Crippen LogP contribution in [0.5, 0.6) is 0 Å². The molecule has 2 aromatic carbocycles. The van der Waals surface area contributed by atoms with Crippen molar-refractivity contribution >= 4 is 29.2 Å². The third-order valence-corrected chi connectivity index (χ3v) is 7.26. The maximum Gasteiger partial charge on any atom is 0.325 e. The molecular weight excluding hydrogens is 446 g/mol. The molecule has 3 aromatic rings. The van der Waals surface area contributed by atoms with Crippen LogP contribution in [0.4, 0.5) is 4.79 Å². The zero-order chi connectivity index (χ0) is 24.1. The number of hydrogen-bond acceptors (Lipinski definition) is 4. The second-order valence-electron chi connectivity index (χ2n) is 8.51. The summed E-state index contributed by atoms with van der Waals surface area (Å²) in [6.45, 7) is 4.57. The van der Waals surface area contributed by atoms with Crippen molar-refractivity contribution in [2.45, 2.75) is 38.8 Å². The number of hydrogen-bond donors (Lipinski definition) is 1. The molecule has 1 N–H and O–H groups in total. The second-order valence-corrected chi connectivity index (χ2v) is 9.88. The smallest absolute Gasteiger partial charge is 0.325 e. The Morgan fingerprint density at radius 3 is 2.29 bits per heavy atom. The van der Waals surface area contributed by atoms with E-state index in [4.69, 9.17) is 0 Å². The first-order chi connectivity index (χ1) is 16.4. The summed E-state index contributed by atoms with van der Waals surface area (Å²) < 4.78 is 0. The summed E-state index contributed by atoms with van der Waals surface area (Å²) in [4.78, 5) is 44.8. The number of amides is 4. The summed E-state index contributed by atoms with van der Waals surface area (Å²) in [7, 11) is 0. The SMILES string of the molecule is CCC1(c2ccccc2)NC(=O)N(CC(=O)N(CCc2ccccc2)Cc2ccc(C)s2)C1=O. The van der Waals surface area contributed by atoms with Crippen molar-refractivity contribution in [1.82, 2.24) is 15.1 Å². The lowest BCUT2D eigenvalue weighted by Crippen LogP contribution is -2.45. The zero-order valence-electron chi connectivity index (χ0n) is 19.5. The highest BCUT2D eigenvalue weighted by atomic mass is 32.1. The number of nitrogens with zero attached hydrogens (tertiary/aromatic N) is 2. The lowest BCUT2D eigenvalue weighted by molar-refractivity contribution is -0.139. The molecule has 0 aliphatic carbocycles. The molecule has 1 aromatic heterocycles. The van der Waals surface area contributed by atoms with Gasteiger partial charge in [-0.3, -0.25) is 14.5 Å². The molecule has 1 aliphatic heterocycles. The summed E-state index contributed by atoms with van der Waals surface area (Å²) in [6.07, 6.45) is 1.10. The summed E-state index contributed by atoms with van der Waals surface area (Å²) in [6, 6.07) is 22.7. The van der Waals surface area contributed by atoms with Gasteiger partial charge in [-0.1, -0.05) is 67.6 Å². The maximum atomic E-state index is 13.4. The largest absolute Gasteiger partial charge is 0.336 e. The van der Waals surface area contributed by atoms with E-state index in [2.05, 4.69) is 5.32 Å². The van der Waals surface area contributed by atoms with Gasteiger partial charge in [0.05, 0.1) is 6.54 Å². The molecule has 7 heteroatoms. The number of urea groups is 1. The van der Waals surface area contributed by atoms with Crippen LogP contribution in [0.25, 0.3) is 0 Å². The van der Waals surface area contributed by atoms with Gasteiger partial charge in [0, 0.05) is 16.3 Å². The number of benzene rings is 2. The van der Waals surface area contributed by atoms with Crippen LogP contribution in [0.3, 0.4) is 0 Å². The monoisotopic (exact) mass is 475 g/mol. The Kier molecular flexibility index (Phi) is 7.12. The van der Waals surface area contributed by atoms with Gasteiger partial charge in [0.2, 0.25) is 5.91 Å². The number of carbonyl (C=O) groups excluding carboxylic acids is 3. The molecule has 0 radical (unpaired) electrons. The van der Waals surface area contributed by atoms with E-state index >= 15 is 0 Å². The van der Waals surface area contributed by atoms with Gasteiger partial charge in [0.1, 0.15) is 12.1 Å². The number of nitrogens with one attached hydrogen (secondary N) is 1. The van der Waals surface area contributed by atoms with Gasteiger partial charge in [-0.05, 0) is 43.0 Å². The van der Waals surface area contributed by atoms with E-state index in [0.717, 1.165) is 20.9 Å². The summed E-state index contributed by atoms with van der Waals surface area (Å²) in [5, 5.41) is 2.86. The first-order valence-corrected chi connectivity index (χ1v) is 12.3. The average molecular weight is 476 g/mol. The van der Waals surface area contributed by atoms with Crippen molar-refractivity contribution in [3.63, 3.8) is 0 Å². The maximum absolute atomic E-state index is 13.4. The number of thiophene rings is 1. The molecule has 2 heterocycles. The average Bonchev–Trinajstić information content (AvgIpc) is 3.38. The van der Waals surface area contributed by atoms with Crippen molar-refractivity contribution in [2.75, 3.05) is 13.1 Å². The number of carbonyl (C=O) groups is 3. The molecule has 176 valence electrons. The molecule has 1 saturated heterocycles. The van der Waals surface area contributed by atoms with Crippen molar-refractivity contribution in [2.24, 2.45) is 0 Å². The molecule has 4 amide bonds. The van der Waals surface area contributed by atoms with Crippen molar-refractivity contribution < 1.29 is 14.4 Å². The van der Waals surface area contributed by atoms with Crippen LogP contribution in [-0.2, 0) is 28.1 Å². The van der Waals surface area contributed by atoms with Crippen molar-refractivity contribution in [1.29, 1.82) is 0 Å². The zero-order valence-corrected chi connectivity index (χ0v) is 20.3. The van der Waals surface area contributed by atoms with Gasteiger partial charge >= 0.3 is 6.03 Å². The lowest BCUT2D eigenvalue weighted by Gasteiger charge is -2.27. The normalized spacial score (nSPS) is 17.6. The Morgan fingerprint density at radius 2 is 1.68 bits per heavy atom. The quantitative estimate of drug-likeness (QED) is 0.464. The van der Waals surface area contributed by atoms with E-state index in [-0.39, 0.29) is 18.4 Å². The molecule has 1 unspecified atom stereocenters. The molecular formula is C27H29N3O3S. The predicted octanol–water partition coefficient (Wildman–Crippen LogP) is 4.49. The lowest BCUT2D eigenvalue weighted by atomic mass is 9.87. The Balaban J connectivity index is 1.52. The van der Waals surface area contributed by atoms with Crippen molar-refractivity contribution in [3.05, 3.63) is 93.7 Å². The van der Waals surface area contributed by atoms with Crippen LogP contribution in [0.1, 0.15) is 34.2 Å². The van der Waals surface area contributed by atoms with Crippen LogP contribution in [0.2, 0.25) is 0 Å². The van der Waals surface area contributed by atoms with E-state index in [1.807, 2.05) is 86.6 Å². The van der Waals surface area contributed by atoms with Gasteiger partial charge in [-0.15, -0.1) is 11.3 Å². The Bertz CT molecular complexity index is 1160. The van der Waals surface area contributed by atoms with Crippen LogP contribution in [0, 0.1) is 6.92 Å². The van der Waals surface area contributed by atoms with Gasteiger partial charge in [0.15, 0.2) is 0 Å². The fourth-order valence-corrected chi connectivity index (χ4v) is 5.23. The fraction of sp³-hybridized carbons (Fsp3) is 0.296. The highest BCUT2D eigenvalue weighted by Gasteiger charge is 2.51. The minimum Gasteiger partial charge on any atom is -0.336 e. The Labute approximate surface area is 204 Å². The third-order valence-electron chi connectivity index (χ3n) is 6.27. The number of rotatable bonds is 9. The number of imide groups is 1.